The number of ketones is 1. The lowest BCUT2D eigenvalue weighted by Crippen LogP contribution is -2.21. The van der Waals surface area contributed by atoms with Gasteiger partial charge in [0.25, 0.3) is 0 Å². The van der Waals surface area contributed by atoms with Crippen LogP contribution in [0.15, 0.2) is 18.2 Å². The van der Waals surface area contributed by atoms with Gasteiger partial charge in [-0.1, -0.05) is 6.92 Å². The number of Topliss-reactive ketones (excluding diaryl/α,β-unsaturated/α-hetero) is 1. The minimum Gasteiger partial charge on any atom is -0.326 e. The summed E-state index contributed by atoms with van der Waals surface area (Å²) in [6.07, 6.45) is 0.464. The number of benzene rings is 1. The fourth-order valence-corrected chi connectivity index (χ4v) is 2.08. The van der Waals surface area contributed by atoms with E-state index in [1.165, 1.54) is 0 Å². The summed E-state index contributed by atoms with van der Waals surface area (Å²) in [6, 6.07) is 5.29. The van der Waals surface area contributed by atoms with Gasteiger partial charge in [-0.25, -0.2) is 0 Å². The topological polar surface area (TPSA) is 46.2 Å². The quantitative estimate of drug-likeness (QED) is 0.635. The van der Waals surface area contributed by atoms with Crippen LogP contribution in [-0.4, -0.2) is 17.6 Å². The zero-order valence-corrected chi connectivity index (χ0v) is 9.67. The van der Waals surface area contributed by atoms with Crippen LogP contribution in [-0.2, 0) is 4.79 Å². The van der Waals surface area contributed by atoms with Crippen molar-refractivity contribution in [3.63, 3.8) is 0 Å². The highest BCUT2D eigenvalue weighted by Crippen LogP contribution is 2.32. The summed E-state index contributed by atoms with van der Waals surface area (Å²) in [5.41, 5.74) is 2.42. The largest absolute Gasteiger partial charge is 0.326 e. The van der Waals surface area contributed by atoms with Crippen molar-refractivity contribution in [2.75, 3.05) is 11.2 Å². The van der Waals surface area contributed by atoms with E-state index in [1.54, 1.807) is 12.1 Å². The molecule has 0 aromatic heterocycles. The van der Waals surface area contributed by atoms with Crippen LogP contribution in [0.5, 0.6) is 0 Å². The monoisotopic (exact) mass is 237 g/mol. The van der Waals surface area contributed by atoms with Crippen LogP contribution in [0.1, 0.15) is 35.2 Å². The minimum atomic E-state index is -0.0893. The summed E-state index contributed by atoms with van der Waals surface area (Å²) in [5, 5.41) is 2.79. The van der Waals surface area contributed by atoms with E-state index in [0.717, 1.165) is 11.3 Å². The predicted octanol–water partition coefficient (Wildman–Crippen LogP) is 2.55. The zero-order chi connectivity index (χ0) is 11.7. The van der Waals surface area contributed by atoms with E-state index in [-0.39, 0.29) is 23.5 Å². The second-order valence-corrected chi connectivity index (χ2v) is 4.28. The number of fused-ring (bicyclic) bond motifs is 1. The molecule has 0 fully saturated rings. The molecule has 1 aromatic carbocycles. The van der Waals surface area contributed by atoms with Gasteiger partial charge < -0.3 is 5.32 Å². The molecule has 0 saturated carbocycles. The molecule has 0 radical (unpaired) electrons. The lowest BCUT2D eigenvalue weighted by atomic mass is 9.90. The summed E-state index contributed by atoms with van der Waals surface area (Å²) < 4.78 is 0. The maximum absolute atomic E-state index is 11.5. The Morgan fingerprint density at radius 1 is 1.56 bits per heavy atom. The first-order valence-corrected chi connectivity index (χ1v) is 5.68. The number of anilines is 1. The number of nitrogens with one attached hydrogen (secondary N) is 1. The summed E-state index contributed by atoms with van der Waals surface area (Å²) in [5.74, 6) is 0.0660. The van der Waals surface area contributed by atoms with Crippen molar-refractivity contribution < 1.29 is 9.59 Å². The van der Waals surface area contributed by atoms with Crippen molar-refractivity contribution in [1.29, 1.82) is 0 Å². The Kier molecular flexibility index (Phi) is 2.97. The summed E-state index contributed by atoms with van der Waals surface area (Å²) in [7, 11) is 0. The molecule has 1 aromatic rings. The van der Waals surface area contributed by atoms with Gasteiger partial charge in [0.1, 0.15) is 0 Å². The summed E-state index contributed by atoms with van der Waals surface area (Å²) in [6.45, 7) is 1.98. The first-order chi connectivity index (χ1) is 7.61. The van der Waals surface area contributed by atoms with Crippen molar-refractivity contribution in [2.24, 2.45) is 0 Å². The number of alkyl halides is 1. The van der Waals surface area contributed by atoms with Gasteiger partial charge in [0.2, 0.25) is 5.91 Å². The first kappa shape index (κ1) is 11.1. The van der Waals surface area contributed by atoms with Gasteiger partial charge in [0.15, 0.2) is 5.78 Å². The number of carbonyl (C=O) groups excluding carboxylic acids is 2. The molecule has 1 N–H and O–H groups in total. The highest BCUT2D eigenvalue weighted by molar-refractivity contribution is 6.30. The lowest BCUT2D eigenvalue weighted by molar-refractivity contribution is -0.116. The van der Waals surface area contributed by atoms with E-state index in [1.807, 2.05) is 13.0 Å². The number of hydrogen-bond donors (Lipinski definition) is 1. The predicted molar refractivity (Wildman–Crippen MR) is 63.2 cm³/mol. The molecule has 1 aliphatic rings. The molecule has 2 rings (SSSR count). The molecule has 0 unspecified atom stereocenters. The Hall–Kier alpha value is -1.35. The van der Waals surface area contributed by atoms with E-state index < -0.39 is 0 Å². The molecule has 0 bridgehead atoms. The zero-order valence-electron chi connectivity index (χ0n) is 8.92. The van der Waals surface area contributed by atoms with Gasteiger partial charge in [-0.2, -0.15) is 0 Å². The molecular weight excluding hydrogens is 226 g/mol. The van der Waals surface area contributed by atoms with Gasteiger partial charge >= 0.3 is 0 Å². The standard InChI is InChI=1S/C12H12ClNO2/c1-7-4-12(16)14-10-3-2-8(5-9(7)10)11(15)6-13/h2-3,5,7H,4,6H2,1H3,(H,14,16)/t7-/m1/s1. The Morgan fingerprint density at radius 2 is 2.31 bits per heavy atom. The van der Waals surface area contributed by atoms with Crippen LogP contribution in [0.3, 0.4) is 0 Å². The van der Waals surface area contributed by atoms with Crippen LogP contribution in [0.4, 0.5) is 5.69 Å². The number of carbonyl (C=O) groups is 2. The number of halogens is 1. The third-order valence-corrected chi connectivity index (χ3v) is 3.03. The van der Waals surface area contributed by atoms with E-state index in [0.29, 0.717) is 12.0 Å². The van der Waals surface area contributed by atoms with Crippen molar-refractivity contribution in [3.05, 3.63) is 29.3 Å². The second kappa shape index (κ2) is 4.26. The Morgan fingerprint density at radius 3 is 3.00 bits per heavy atom. The fourth-order valence-electron chi connectivity index (χ4n) is 1.92. The smallest absolute Gasteiger partial charge is 0.224 e. The Labute approximate surface area is 98.8 Å². The van der Waals surface area contributed by atoms with Crippen molar-refractivity contribution >= 4 is 29.0 Å². The van der Waals surface area contributed by atoms with Crippen molar-refractivity contribution in [1.82, 2.24) is 0 Å². The molecule has 0 aliphatic carbocycles. The van der Waals surface area contributed by atoms with E-state index in [2.05, 4.69) is 5.32 Å². The Bertz CT molecular complexity index is 456. The molecule has 1 amide bonds. The Balaban J connectivity index is 2.42. The van der Waals surface area contributed by atoms with Gasteiger partial charge in [-0.3, -0.25) is 9.59 Å². The molecule has 0 spiro atoms. The minimum absolute atomic E-state index is 0.0144. The van der Waals surface area contributed by atoms with Crippen LogP contribution in [0, 0.1) is 0 Å². The fraction of sp³-hybridized carbons (Fsp3) is 0.333. The molecule has 0 saturated heterocycles. The third kappa shape index (κ3) is 1.95. The van der Waals surface area contributed by atoms with E-state index in [4.69, 9.17) is 11.6 Å². The SMILES string of the molecule is C[C@@H]1CC(=O)Nc2ccc(C(=O)CCl)cc21. The molecule has 1 heterocycles. The van der Waals surface area contributed by atoms with Gasteiger partial charge in [0, 0.05) is 17.7 Å². The summed E-state index contributed by atoms with van der Waals surface area (Å²) >= 11 is 5.51. The van der Waals surface area contributed by atoms with E-state index in [9.17, 15) is 9.59 Å². The second-order valence-electron chi connectivity index (χ2n) is 4.01. The molecule has 16 heavy (non-hydrogen) atoms. The number of amides is 1. The first-order valence-electron chi connectivity index (χ1n) is 5.14. The molecular formula is C12H12ClNO2. The van der Waals surface area contributed by atoms with Crippen LogP contribution in [0.2, 0.25) is 0 Å². The average Bonchev–Trinajstić information content (AvgIpc) is 2.27. The lowest BCUT2D eigenvalue weighted by Gasteiger charge is -2.23. The van der Waals surface area contributed by atoms with Gasteiger partial charge in [-0.05, 0) is 29.7 Å². The maximum Gasteiger partial charge on any atom is 0.224 e. The van der Waals surface area contributed by atoms with Crippen LogP contribution >= 0.6 is 11.6 Å². The molecule has 1 atom stereocenters. The van der Waals surface area contributed by atoms with Gasteiger partial charge in [0.05, 0.1) is 5.88 Å². The van der Waals surface area contributed by atoms with Crippen molar-refractivity contribution in [3.8, 4) is 0 Å². The molecule has 84 valence electrons. The maximum atomic E-state index is 11.5. The van der Waals surface area contributed by atoms with Crippen LogP contribution < -0.4 is 5.32 Å². The summed E-state index contributed by atoms with van der Waals surface area (Å²) in [4.78, 5) is 22.8. The molecule has 1 aliphatic heterocycles. The number of hydrogen-bond acceptors (Lipinski definition) is 2. The average molecular weight is 238 g/mol. The number of rotatable bonds is 2. The van der Waals surface area contributed by atoms with Gasteiger partial charge in [-0.15, -0.1) is 11.6 Å². The molecule has 4 heteroatoms. The normalized spacial score (nSPS) is 18.9. The highest BCUT2D eigenvalue weighted by Gasteiger charge is 2.22. The highest BCUT2D eigenvalue weighted by atomic mass is 35.5. The van der Waals surface area contributed by atoms with E-state index >= 15 is 0 Å². The molecule has 3 nitrogen and oxygen atoms in total. The third-order valence-electron chi connectivity index (χ3n) is 2.79. The van der Waals surface area contributed by atoms with Crippen molar-refractivity contribution in [2.45, 2.75) is 19.3 Å². The van der Waals surface area contributed by atoms with Crippen LogP contribution in [0.25, 0.3) is 0 Å².